The zero-order chi connectivity index (χ0) is 13.1. The maximum Gasteiger partial charge on any atom is 0.139 e. The summed E-state index contributed by atoms with van der Waals surface area (Å²) in [5.74, 6) is 0. The Kier molecular flexibility index (Phi) is 4.11. The number of hydrogen-bond donors (Lipinski definition) is 0. The molecular weight excluding hydrogens is 280 g/mol. The number of hydrogen-bond acceptors (Lipinski definition) is 4. The van der Waals surface area contributed by atoms with Crippen molar-refractivity contribution in [2.24, 2.45) is 0 Å². The number of ether oxygens (including phenoxy) is 1. The van der Waals surface area contributed by atoms with E-state index in [1.54, 1.807) is 11.3 Å². The SMILES string of the molecule is ClC(c1ccccc1)c1nnc(CC2CCCO2)s1. The van der Waals surface area contributed by atoms with Crippen molar-refractivity contribution in [3.05, 3.63) is 45.9 Å². The first-order valence-corrected chi connectivity index (χ1v) is 7.71. The van der Waals surface area contributed by atoms with Crippen molar-refractivity contribution < 1.29 is 4.74 Å². The van der Waals surface area contributed by atoms with Gasteiger partial charge in [0.2, 0.25) is 0 Å². The minimum absolute atomic E-state index is 0.211. The van der Waals surface area contributed by atoms with Crippen molar-refractivity contribution in [1.82, 2.24) is 10.2 Å². The van der Waals surface area contributed by atoms with Gasteiger partial charge in [0.15, 0.2) is 0 Å². The molecule has 0 amide bonds. The first-order chi connectivity index (χ1) is 9.33. The summed E-state index contributed by atoms with van der Waals surface area (Å²) in [7, 11) is 0. The predicted octanol–water partition coefficient (Wildman–Crippen LogP) is 3.59. The quantitative estimate of drug-likeness (QED) is 0.808. The number of aromatic nitrogens is 2. The Bertz CT molecular complexity index is 525. The minimum Gasteiger partial charge on any atom is -0.378 e. The highest BCUT2D eigenvalue weighted by molar-refractivity contribution is 7.11. The molecule has 0 spiro atoms. The van der Waals surface area contributed by atoms with Gasteiger partial charge in [-0.05, 0) is 18.4 Å². The first-order valence-electron chi connectivity index (χ1n) is 6.46. The molecule has 1 aromatic heterocycles. The molecule has 3 rings (SSSR count). The summed E-state index contributed by atoms with van der Waals surface area (Å²) in [6.45, 7) is 0.873. The highest BCUT2D eigenvalue weighted by atomic mass is 35.5. The molecule has 2 atom stereocenters. The zero-order valence-corrected chi connectivity index (χ0v) is 12.0. The lowest BCUT2D eigenvalue weighted by molar-refractivity contribution is 0.111. The highest BCUT2D eigenvalue weighted by Crippen LogP contribution is 2.31. The van der Waals surface area contributed by atoms with Crippen molar-refractivity contribution in [2.45, 2.75) is 30.7 Å². The second-order valence-electron chi connectivity index (χ2n) is 4.65. The summed E-state index contributed by atoms with van der Waals surface area (Å²) in [6, 6.07) is 9.98. The average molecular weight is 295 g/mol. The molecule has 1 fully saturated rings. The monoisotopic (exact) mass is 294 g/mol. The fourth-order valence-electron chi connectivity index (χ4n) is 2.22. The van der Waals surface area contributed by atoms with E-state index in [4.69, 9.17) is 16.3 Å². The molecule has 0 radical (unpaired) electrons. The van der Waals surface area contributed by atoms with Gasteiger partial charge in [0.25, 0.3) is 0 Å². The molecule has 19 heavy (non-hydrogen) atoms. The Morgan fingerprint density at radius 1 is 1.32 bits per heavy atom. The van der Waals surface area contributed by atoms with E-state index < -0.39 is 0 Å². The lowest BCUT2D eigenvalue weighted by Crippen LogP contribution is -2.08. The molecule has 1 aliphatic heterocycles. The van der Waals surface area contributed by atoms with Crippen LogP contribution in [-0.2, 0) is 11.2 Å². The summed E-state index contributed by atoms with van der Waals surface area (Å²) in [6.07, 6.45) is 3.44. The fraction of sp³-hybridized carbons (Fsp3) is 0.429. The van der Waals surface area contributed by atoms with Crippen LogP contribution in [0.2, 0.25) is 0 Å². The van der Waals surface area contributed by atoms with Crippen LogP contribution < -0.4 is 0 Å². The summed E-state index contributed by atoms with van der Waals surface area (Å²) < 4.78 is 5.62. The molecule has 2 aromatic rings. The van der Waals surface area contributed by atoms with Crippen molar-refractivity contribution in [3.8, 4) is 0 Å². The van der Waals surface area contributed by atoms with Gasteiger partial charge in [-0.2, -0.15) is 0 Å². The third-order valence-corrected chi connectivity index (χ3v) is 4.82. The van der Waals surface area contributed by atoms with Crippen LogP contribution in [0.1, 0.15) is 33.8 Å². The molecule has 3 nitrogen and oxygen atoms in total. The molecule has 5 heteroatoms. The van der Waals surface area contributed by atoms with Gasteiger partial charge in [-0.3, -0.25) is 0 Å². The Balaban J connectivity index is 1.70. The summed E-state index contributed by atoms with van der Waals surface area (Å²) >= 11 is 8.03. The predicted molar refractivity (Wildman–Crippen MR) is 76.7 cm³/mol. The van der Waals surface area contributed by atoms with Gasteiger partial charge in [0, 0.05) is 13.0 Å². The average Bonchev–Trinajstić information content (AvgIpc) is 3.11. The van der Waals surface area contributed by atoms with Crippen molar-refractivity contribution in [1.29, 1.82) is 0 Å². The third kappa shape index (κ3) is 3.14. The maximum absolute atomic E-state index is 6.44. The van der Waals surface area contributed by atoms with Gasteiger partial charge in [0.05, 0.1) is 6.10 Å². The van der Waals surface area contributed by atoms with Crippen molar-refractivity contribution >= 4 is 22.9 Å². The smallest absolute Gasteiger partial charge is 0.139 e. The second-order valence-corrected chi connectivity index (χ2v) is 6.18. The van der Waals surface area contributed by atoms with E-state index in [1.165, 1.54) is 0 Å². The van der Waals surface area contributed by atoms with Crippen molar-refractivity contribution in [2.75, 3.05) is 6.61 Å². The van der Waals surface area contributed by atoms with Crippen LogP contribution in [0, 0.1) is 0 Å². The molecule has 2 unspecified atom stereocenters. The van der Waals surface area contributed by atoms with Gasteiger partial charge < -0.3 is 4.74 Å². The molecule has 0 N–H and O–H groups in total. The standard InChI is InChI=1S/C14H15ClN2OS/c15-13(10-5-2-1-3-6-10)14-17-16-12(19-14)9-11-7-4-8-18-11/h1-3,5-6,11,13H,4,7-9H2. The van der Waals surface area contributed by atoms with E-state index in [9.17, 15) is 0 Å². The Labute approximate surface area is 121 Å². The molecular formula is C14H15ClN2OS. The lowest BCUT2D eigenvalue weighted by atomic mass is 10.1. The van der Waals surface area contributed by atoms with Crippen LogP contribution in [0.5, 0.6) is 0 Å². The van der Waals surface area contributed by atoms with Crippen LogP contribution in [0.4, 0.5) is 0 Å². The number of alkyl halides is 1. The minimum atomic E-state index is -0.211. The largest absolute Gasteiger partial charge is 0.378 e. The van der Waals surface area contributed by atoms with Crippen LogP contribution in [0.25, 0.3) is 0 Å². The van der Waals surface area contributed by atoms with Gasteiger partial charge in [-0.25, -0.2) is 0 Å². The van der Waals surface area contributed by atoms with Gasteiger partial charge in [-0.1, -0.05) is 41.7 Å². The van der Waals surface area contributed by atoms with Crippen LogP contribution in [0.15, 0.2) is 30.3 Å². The molecule has 0 aliphatic carbocycles. The summed E-state index contributed by atoms with van der Waals surface area (Å²) in [5, 5.41) is 10.1. The molecule has 0 bridgehead atoms. The van der Waals surface area contributed by atoms with E-state index in [0.717, 1.165) is 41.4 Å². The highest BCUT2D eigenvalue weighted by Gasteiger charge is 2.20. The van der Waals surface area contributed by atoms with Crippen LogP contribution >= 0.6 is 22.9 Å². The molecule has 2 heterocycles. The molecule has 1 aliphatic rings. The number of nitrogens with zero attached hydrogens (tertiary/aromatic N) is 2. The zero-order valence-electron chi connectivity index (χ0n) is 10.5. The third-order valence-electron chi connectivity index (χ3n) is 3.22. The summed E-state index contributed by atoms with van der Waals surface area (Å²) in [5.41, 5.74) is 1.06. The van der Waals surface area contributed by atoms with E-state index in [0.29, 0.717) is 6.10 Å². The maximum atomic E-state index is 6.44. The topological polar surface area (TPSA) is 35.0 Å². The van der Waals surface area contributed by atoms with Crippen molar-refractivity contribution in [3.63, 3.8) is 0 Å². The molecule has 1 aromatic carbocycles. The Morgan fingerprint density at radius 2 is 2.16 bits per heavy atom. The van der Waals surface area contributed by atoms with Crippen LogP contribution in [-0.4, -0.2) is 22.9 Å². The van der Waals surface area contributed by atoms with Gasteiger partial charge >= 0.3 is 0 Å². The Morgan fingerprint density at radius 3 is 2.89 bits per heavy atom. The van der Waals surface area contributed by atoms with Gasteiger partial charge in [-0.15, -0.1) is 21.8 Å². The van der Waals surface area contributed by atoms with Crippen LogP contribution in [0.3, 0.4) is 0 Å². The van der Waals surface area contributed by atoms with E-state index in [-0.39, 0.29) is 5.38 Å². The van der Waals surface area contributed by atoms with E-state index >= 15 is 0 Å². The summed E-state index contributed by atoms with van der Waals surface area (Å²) in [4.78, 5) is 0. The number of benzene rings is 1. The Hall–Kier alpha value is -0.970. The molecule has 100 valence electrons. The molecule has 0 saturated carbocycles. The lowest BCUT2D eigenvalue weighted by Gasteiger charge is -2.05. The normalized spacial score (nSPS) is 20.6. The van der Waals surface area contributed by atoms with E-state index in [1.807, 2.05) is 30.3 Å². The molecule has 1 saturated heterocycles. The van der Waals surface area contributed by atoms with E-state index in [2.05, 4.69) is 10.2 Å². The second kappa shape index (κ2) is 5.99. The number of rotatable bonds is 4. The first kappa shape index (κ1) is 13.0. The fourth-order valence-corrected chi connectivity index (χ4v) is 3.45. The van der Waals surface area contributed by atoms with Gasteiger partial charge in [0.1, 0.15) is 15.4 Å². The number of halogens is 1.